The second-order valence-corrected chi connectivity index (χ2v) is 5.69. The second kappa shape index (κ2) is 5.41. The summed E-state index contributed by atoms with van der Waals surface area (Å²) in [6.07, 6.45) is 1.54. The van der Waals surface area contributed by atoms with E-state index in [1.807, 2.05) is 0 Å². The number of hydrogen-bond donors (Lipinski definition) is 1. The molecule has 0 radical (unpaired) electrons. The molecule has 1 aliphatic rings. The zero-order valence-corrected chi connectivity index (χ0v) is 13.0. The highest BCUT2D eigenvalue weighted by Crippen LogP contribution is 2.49. The minimum atomic E-state index is -1.56. The molecule has 4 nitrogen and oxygen atoms in total. The Morgan fingerprint density at radius 2 is 2.18 bits per heavy atom. The zero-order valence-electron chi connectivity index (χ0n) is 11.5. The third-order valence-electron chi connectivity index (χ3n) is 3.42. The number of anilines is 1. The van der Waals surface area contributed by atoms with E-state index in [2.05, 4.69) is 10.3 Å². The third-order valence-corrected chi connectivity index (χ3v) is 4.28. The predicted molar refractivity (Wildman–Crippen MR) is 82.1 cm³/mol. The van der Waals surface area contributed by atoms with Crippen LogP contribution >= 0.6 is 23.2 Å². The maximum Gasteiger partial charge on any atom is 0.255 e. The summed E-state index contributed by atoms with van der Waals surface area (Å²) in [5.41, 5.74) is 1.05. The van der Waals surface area contributed by atoms with Crippen LogP contribution in [0.15, 0.2) is 30.5 Å². The van der Waals surface area contributed by atoms with Crippen molar-refractivity contribution in [1.29, 1.82) is 0 Å². The molecule has 0 spiro atoms. The van der Waals surface area contributed by atoms with Gasteiger partial charge in [-0.3, -0.25) is 4.79 Å². The van der Waals surface area contributed by atoms with Crippen molar-refractivity contribution in [3.8, 4) is 5.88 Å². The van der Waals surface area contributed by atoms with Gasteiger partial charge in [-0.05, 0) is 31.2 Å². The first-order valence-electron chi connectivity index (χ1n) is 6.56. The van der Waals surface area contributed by atoms with Gasteiger partial charge in [0.15, 0.2) is 4.87 Å². The molecule has 1 amide bonds. The average Bonchev–Trinajstić information content (AvgIpc) is 2.73. The fourth-order valence-electron chi connectivity index (χ4n) is 2.44. The molecule has 0 bridgehead atoms. The van der Waals surface area contributed by atoms with Gasteiger partial charge in [-0.15, -0.1) is 0 Å². The van der Waals surface area contributed by atoms with Gasteiger partial charge in [0.1, 0.15) is 5.82 Å². The van der Waals surface area contributed by atoms with Crippen LogP contribution in [-0.4, -0.2) is 17.5 Å². The van der Waals surface area contributed by atoms with Crippen LogP contribution in [0.3, 0.4) is 0 Å². The van der Waals surface area contributed by atoms with Gasteiger partial charge in [-0.25, -0.2) is 9.37 Å². The van der Waals surface area contributed by atoms with Crippen molar-refractivity contribution in [2.24, 2.45) is 0 Å². The number of fused-ring (bicyclic) bond motifs is 1. The zero-order chi connectivity index (χ0) is 15.9. The van der Waals surface area contributed by atoms with E-state index in [1.54, 1.807) is 25.3 Å². The van der Waals surface area contributed by atoms with Crippen LogP contribution in [0.1, 0.15) is 18.1 Å². The van der Waals surface area contributed by atoms with Gasteiger partial charge in [-0.1, -0.05) is 23.2 Å². The molecule has 1 atom stereocenters. The number of halogens is 3. The van der Waals surface area contributed by atoms with E-state index in [9.17, 15) is 9.18 Å². The molecule has 0 aliphatic carbocycles. The van der Waals surface area contributed by atoms with E-state index in [0.717, 1.165) is 6.07 Å². The van der Waals surface area contributed by atoms with Gasteiger partial charge in [0.2, 0.25) is 5.88 Å². The molecule has 0 fully saturated rings. The predicted octanol–water partition coefficient (Wildman–Crippen LogP) is 3.71. The van der Waals surface area contributed by atoms with Crippen molar-refractivity contribution in [1.82, 2.24) is 4.98 Å². The molecule has 0 saturated carbocycles. The Bertz CT molecular complexity index is 769. The van der Waals surface area contributed by atoms with Crippen molar-refractivity contribution in [2.75, 3.05) is 11.9 Å². The highest BCUT2D eigenvalue weighted by molar-refractivity contribution is 6.41. The Morgan fingerprint density at radius 3 is 2.91 bits per heavy atom. The lowest BCUT2D eigenvalue weighted by Crippen LogP contribution is -2.30. The first-order chi connectivity index (χ1) is 10.5. The van der Waals surface area contributed by atoms with Gasteiger partial charge in [0.25, 0.3) is 5.91 Å². The monoisotopic (exact) mass is 340 g/mol. The minimum absolute atomic E-state index is 0.109. The highest BCUT2D eigenvalue weighted by Gasteiger charge is 2.49. The van der Waals surface area contributed by atoms with Crippen LogP contribution in [0.5, 0.6) is 5.88 Å². The first kappa shape index (κ1) is 15.1. The van der Waals surface area contributed by atoms with E-state index >= 15 is 0 Å². The summed E-state index contributed by atoms with van der Waals surface area (Å²) in [5, 5.41) is 2.46. The number of alkyl halides is 1. The molecule has 2 aromatic rings. The molecule has 22 heavy (non-hydrogen) atoms. The van der Waals surface area contributed by atoms with Gasteiger partial charge in [-0.2, -0.15) is 0 Å². The van der Waals surface area contributed by atoms with E-state index in [0.29, 0.717) is 17.7 Å². The van der Waals surface area contributed by atoms with Gasteiger partial charge >= 0.3 is 0 Å². The smallest absolute Gasteiger partial charge is 0.255 e. The molecule has 1 aromatic carbocycles. The van der Waals surface area contributed by atoms with Gasteiger partial charge in [0.05, 0.1) is 11.6 Å². The molecule has 3 rings (SSSR count). The summed E-state index contributed by atoms with van der Waals surface area (Å²) < 4.78 is 19.0. The van der Waals surface area contributed by atoms with Crippen LogP contribution in [0, 0.1) is 5.82 Å². The fraction of sp³-hybridized carbons (Fsp3) is 0.200. The molecule has 1 unspecified atom stereocenters. The second-order valence-electron chi connectivity index (χ2n) is 4.71. The summed E-state index contributed by atoms with van der Waals surface area (Å²) in [6, 6.07) is 5.80. The number of carbonyl (C=O) groups is 1. The first-order valence-corrected chi connectivity index (χ1v) is 7.32. The van der Waals surface area contributed by atoms with Gasteiger partial charge < -0.3 is 10.1 Å². The number of ether oxygens (including phenoxy) is 1. The van der Waals surface area contributed by atoms with E-state index in [1.165, 1.54) is 6.07 Å². The number of benzene rings is 1. The van der Waals surface area contributed by atoms with Crippen molar-refractivity contribution in [2.45, 2.75) is 11.8 Å². The number of hydrogen-bond acceptors (Lipinski definition) is 3. The number of carbonyl (C=O) groups excluding carboxylic acids is 1. The summed E-state index contributed by atoms with van der Waals surface area (Å²) in [6.45, 7) is 2.17. The van der Waals surface area contributed by atoms with Crippen molar-refractivity contribution in [3.63, 3.8) is 0 Å². The van der Waals surface area contributed by atoms with Gasteiger partial charge in [0, 0.05) is 23.0 Å². The molecular weight excluding hydrogens is 330 g/mol. The number of aromatic nitrogens is 1. The number of rotatable bonds is 3. The summed E-state index contributed by atoms with van der Waals surface area (Å²) in [5.74, 6) is -0.874. The Morgan fingerprint density at radius 1 is 1.41 bits per heavy atom. The highest BCUT2D eigenvalue weighted by atomic mass is 35.5. The lowest BCUT2D eigenvalue weighted by Gasteiger charge is -2.22. The summed E-state index contributed by atoms with van der Waals surface area (Å²) >= 11 is 12.5. The number of nitrogens with zero attached hydrogens (tertiary/aromatic N) is 1. The van der Waals surface area contributed by atoms with Crippen molar-refractivity contribution in [3.05, 3.63) is 52.4 Å². The number of pyridine rings is 1. The quantitative estimate of drug-likeness (QED) is 0.866. The van der Waals surface area contributed by atoms with Crippen LogP contribution in [0.4, 0.5) is 10.1 Å². The largest absolute Gasteiger partial charge is 0.478 e. The Labute approximate surface area is 136 Å². The molecule has 0 saturated heterocycles. The molecule has 7 heteroatoms. The van der Waals surface area contributed by atoms with Crippen molar-refractivity contribution >= 4 is 34.8 Å². The Balaban J connectivity index is 2.23. The van der Waals surface area contributed by atoms with E-state index < -0.39 is 16.6 Å². The normalized spacial score (nSPS) is 19.7. The summed E-state index contributed by atoms with van der Waals surface area (Å²) in [7, 11) is 0. The fourth-order valence-corrected chi connectivity index (χ4v) is 2.95. The summed E-state index contributed by atoms with van der Waals surface area (Å²) in [4.78, 5) is 15.0. The third kappa shape index (κ3) is 2.12. The molecule has 2 heterocycles. The Hall–Kier alpha value is -1.85. The minimum Gasteiger partial charge on any atom is -0.478 e. The topological polar surface area (TPSA) is 51.2 Å². The lowest BCUT2D eigenvalue weighted by atomic mass is 9.92. The van der Waals surface area contributed by atoms with Crippen LogP contribution < -0.4 is 10.1 Å². The average molecular weight is 341 g/mol. The standard InChI is InChI=1S/C15H11Cl2FN2O2/c1-2-22-13-8(4-3-5-19-13)15(17)9-6-10(16)11(18)7-12(9)20-14(15)21/h3-7H,2H2,1H3,(H,20,21). The SMILES string of the molecule is CCOc1ncccc1C1(Cl)C(=O)Nc2cc(F)c(Cl)cc21. The van der Waals surface area contributed by atoms with Crippen molar-refractivity contribution < 1.29 is 13.9 Å². The number of nitrogens with one attached hydrogen (secondary N) is 1. The van der Waals surface area contributed by atoms with Crippen LogP contribution in [0.2, 0.25) is 5.02 Å². The molecule has 114 valence electrons. The molecular formula is C15H11Cl2FN2O2. The Kier molecular flexibility index (Phi) is 3.70. The number of amides is 1. The molecule has 1 aliphatic heterocycles. The molecule has 1 N–H and O–H groups in total. The van der Waals surface area contributed by atoms with Crippen LogP contribution in [0.25, 0.3) is 0 Å². The maximum absolute atomic E-state index is 13.6. The van der Waals surface area contributed by atoms with E-state index in [4.69, 9.17) is 27.9 Å². The lowest BCUT2D eigenvalue weighted by molar-refractivity contribution is -0.117. The van der Waals surface area contributed by atoms with E-state index in [-0.39, 0.29) is 16.6 Å². The van der Waals surface area contributed by atoms with Crippen LogP contribution in [-0.2, 0) is 9.67 Å². The molecule has 1 aromatic heterocycles. The maximum atomic E-state index is 13.6.